The summed E-state index contributed by atoms with van der Waals surface area (Å²) < 4.78 is 21.9. The van der Waals surface area contributed by atoms with E-state index >= 15 is 0 Å². The quantitative estimate of drug-likeness (QED) is 0.850. The van der Waals surface area contributed by atoms with Gasteiger partial charge in [-0.3, -0.25) is 4.79 Å². The van der Waals surface area contributed by atoms with Crippen molar-refractivity contribution in [3.63, 3.8) is 0 Å². The maximum atomic E-state index is 12.5. The highest BCUT2D eigenvalue weighted by molar-refractivity contribution is 5.93. The van der Waals surface area contributed by atoms with E-state index in [2.05, 4.69) is 15.5 Å². The fraction of sp³-hybridized carbons (Fsp3) is 0.588. The molecule has 0 aromatic carbocycles. The number of hydrogen-bond acceptors (Lipinski definition) is 7. The fourth-order valence-corrected chi connectivity index (χ4v) is 2.88. The molecule has 0 radical (unpaired) electrons. The van der Waals surface area contributed by atoms with E-state index in [-0.39, 0.29) is 18.1 Å². The predicted octanol–water partition coefficient (Wildman–Crippen LogP) is 1.95. The number of aromatic nitrogens is 2. The number of carbonyl (C=O) groups excluding carboxylic acids is 1. The molecule has 1 amide bonds. The van der Waals surface area contributed by atoms with Crippen LogP contribution < -0.4 is 5.32 Å². The molecule has 2 atom stereocenters. The second-order valence-corrected chi connectivity index (χ2v) is 6.07. The Bertz CT molecular complexity index is 704. The van der Waals surface area contributed by atoms with E-state index in [1.807, 2.05) is 20.8 Å². The van der Waals surface area contributed by atoms with E-state index in [1.54, 1.807) is 0 Å². The van der Waals surface area contributed by atoms with Gasteiger partial charge < -0.3 is 23.7 Å². The normalized spacial score (nSPS) is 20.6. The number of aryl methyl sites for hydroxylation is 3. The minimum Gasteiger partial charge on any atom is -0.448 e. The smallest absolute Gasteiger partial charge is 0.273 e. The van der Waals surface area contributed by atoms with Crippen LogP contribution >= 0.6 is 0 Å². The van der Waals surface area contributed by atoms with E-state index in [9.17, 15) is 4.79 Å². The predicted molar refractivity (Wildman–Crippen MR) is 87.1 cm³/mol. The number of amides is 1. The monoisotopic (exact) mass is 349 g/mol. The molecule has 1 saturated heterocycles. The van der Waals surface area contributed by atoms with Gasteiger partial charge >= 0.3 is 0 Å². The first-order chi connectivity index (χ1) is 12.1. The maximum absolute atomic E-state index is 12.5. The van der Waals surface area contributed by atoms with Gasteiger partial charge in [0.15, 0.2) is 12.1 Å². The van der Waals surface area contributed by atoms with Gasteiger partial charge in [-0.25, -0.2) is 4.98 Å². The number of carbonyl (C=O) groups is 1. The summed E-state index contributed by atoms with van der Waals surface area (Å²) in [4.78, 5) is 16.5. The fourth-order valence-electron chi connectivity index (χ4n) is 2.88. The number of nitrogens with one attached hydrogen (secondary N) is 1. The van der Waals surface area contributed by atoms with Gasteiger partial charge in [-0.15, -0.1) is 0 Å². The maximum Gasteiger partial charge on any atom is 0.273 e. The van der Waals surface area contributed by atoms with E-state index in [1.165, 1.54) is 6.39 Å². The summed E-state index contributed by atoms with van der Waals surface area (Å²) in [6.45, 7) is 7.02. The van der Waals surface area contributed by atoms with Crippen LogP contribution in [-0.2, 0) is 22.5 Å². The molecule has 1 N–H and O–H groups in total. The summed E-state index contributed by atoms with van der Waals surface area (Å²) in [5, 5.41) is 6.93. The van der Waals surface area contributed by atoms with E-state index < -0.39 is 0 Å². The van der Waals surface area contributed by atoms with Crippen LogP contribution in [0.15, 0.2) is 15.3 Å². The van der Waals surface area contributed by atoms with Crippen LogP contribution in [-0.4, -0.2) is 41.4 Å². The van der Waals surface area contributed by atoms with Gasteiger partial charge in [0, 0.05) is 18.6 Å². The highest BCUT2D eigenvalue weighted by Gasteiger charge is 2.30. The lowest BCUT2D eigenvalue weighted by atomic mass is 10.1. The van der Waals surface area contributed by atoms with E-state index in [4.69, 9.17) is 18.4 Å². The van der Waals surface area contributed by atoms with E-state index in [0.717, 1.165) is 17.0 Å². The van der Waals surface area contributed by atoms with Crippen LogP contribution in [0.2, 0.25) is 0 Å². The lowest BCUT2D eigenvalue weighted by molar-refractivity contribution is -0.0739. The molecule has 0 spiro atoms. The molecular weight excluding hydrogens is 326 g/mol. The van der Waals surface area contributed by atoms with Crippen molar-refractivity contribution < 1.29 is 23.2 Å². The molecule has 2 aromatic heterocycles. The summed E-state index contributed by atoms with van der Waals surface area (Å²) in [6.07, 6.45) is 2.34. The van der Waals surface area contributed by atoms with Crippen molar-refractivity contribution in [1.29, 1.82) is 0 Å². The van der Waals surface area contributed by atoms with Gasteiger partial charge in [0.2, 0.25) is 0 Å². The molecule has 0 aliphatic carbocycles. The van der Waals surface area contributed by atoms with Gasteiger partial charge in [-0.2, -0.15) is 0 Å². The number of rotatable bonds is 6. The molecule has 1 fully saturated rings. The average Bonchev–Trinajstić information content (AvgIpc) is 3.21. The average molecular weight is 349 g/mol. The van der Waals surface area contributed by atoms with Crippen molar-refractivity contribution in [3.8, 4) is 0 Å². The van der Waals surface area contributed by atoms with E-state index in [0.29, 0.717) is 44.1 Å². The minimum absolute atomic E-state index is 0.150. The molecule has 1 aliphatic rings. The van der Waals surface area contributed by atoms with Gasteiger partial charge in [-0.1, -0.05) is 12.1 Å². The molecule has 3 rings (SSSR count). The summed E-state index contributed by atoms with van der Waals surface area (Å²) in [7, 11) is 0. The Morgan fingerprint density at radius 1 is 1.44 bits per heavy atom. The van der Waals surface area contributed by atoms with Gasteiger partial charge in [0.1, 0.15) is 17.6 Å². The van der Waals surface area contributed by atoms with Crippen LogP contribution in [0.1, 0.15) is 46.6 Å². The lowest BCUT2D eigenvalue weighted by Crippen LogP contribution is -2.50. The Labute approximate surface area is 145 Å². The molecule has 8 nitrogen and oxygen atoms in total. The molecular formula is C17H23N3O5. The van der Waals surface area contributed by atoms with Crippen molar-refractivity contribution in [1.82, 2.24) is 15.5 Å². The Balaban J connectivity index is 1.64. The third-order valence-corrected chi connectivity index (χ3v) is 4.42. The first-order valence-corrected chi connectivity index (χ1v) is 8.44. The lowest BCUT2D eigenvalue weighted by Gasteiger charge is -2.32. The van der Waals surface area contributed by atoms with Gasteiger partial charge in [-0.05, 0) is 20.3 Å². The first kappa shape index (κ1) is 17.6. The number of ether oxygens (including phenoxy) is 2. The first-order valence-electron chi connectivity index (χ1n) is 8.44. The molecule has 136 valence electrons. The molecule has 0 saturated carbocycles. The Morgan fingerprint density at radius 3 is 3.00 bits per heavy atom. The molecule has 0 bridgehead atoms. The van der Waals surface area contributed by atoms with Crippen LogP contribution in [0.4, 0.5) is 0 Å². The van der Waals surface area contributed by atoms with Crippen molar-refractivity contribution in [3.05, 3.63) is 34.9 Å². The number of oxazole rings is 1. The zero-order valence-electron chi connectivity index (χ0n) is 14.7. The summed E-state index contributed by atoms with van der Waals surface area (Å²) in [6, 6.07) is -0.150. The summed E-state index contributed by atoms with van der Waals surface area (Å²) in [5.41, 5.74) is 2.07. The molecule has 1 aliphatic heterocycles. The Morgan fingerprint density at radius 2 is 2.28 bits per heavy atom. The molecule has 3 heterocycles. The van der Waals surface area contributed by atoms with Crippen molar-refractivity contribution >= 4 is 5.91 Å². The SMILES string of the molecule is CCc1ocnc1C(=O)N[C@@H]1CCOC[C@H]1OCc1c(C)noc1C. The highest BCUT2D eigenvalue weighted by atomic mass is 16.5. The van der Waals surface area contributed by atoms with Crippen LogP contribution in [0.5, 0.6) is 0 Å². The Hall–Kier alpha value is -2.19. The highest BCUT2D eigenvalue weighted by Crippen LogP contribution is 2.18. The van der Waals surface area contributed by atoms with Crippen molar-refractivity contribution in [2.45, 2.75) is 52.4 Å². The van der Waals surface area contributed by atoms with Gasteiger partial charge in [0.25, 0.3) is 5.91 Å². The third-order valence-electron chi connectivity index (χ3n) is 4.42. The number of hydrogen-bond donors (Lipinski definition) is 1. The second-order valence-electron chi connectivity index (χ2n) is 6.07. The minimum atomic E-state index is -0.247. The molecule has 2 aromatic rings. The van der Waals surface area contributed by atoms with Gasteiger partial charge in [0.05, 0.1) is 24.9 Å². The number of nitrogens with zero attached hydrogens (tertiary/aromatic N) is 2. The summed E-state index contributed by atoms with van der Waals surface area (Å²) in [5.74, 6) is 1.08. The largest absolute Gasteiger partial charge is 0.448 e. The second kappa shape index (κ2) is 7.79. The zero-order valence-corrected chi connectivity index (χ0v) is 14.7. The molecule has 8 heteroatoms. The standard InChI is InChI=1S/C17H23N3O5/c1-4-14-16(18-9-24-14)17(21)19-13-5-6-22-8-15(13)23-7-12-10(2)20-25-11(12)3/h9,13,15H,4-8H2,1-3H3,(H,19,21)/t13-,15-/m1/s1. The Kier molecular flexibility index (Phi) is 5.50. The van der Waals surface area contributed by atoms with Crippen molar-refractivity contribution in [2.24, 2.45) is 0 Å². The topological polar surface area (TPSA) is 99.6 Å². The summed E-state index contributed by atoms with van der Waals surface area (Å²) >= 11 is 0. The third kappa shape index (κ3) is 3.91. The van der Waals surface area contributed by atoms with Crippen LogP contribution in [0.3, 0.4) is 0 Å². The molecule has 0 unspecified atom stereocenters. The van der Waals surface area contributed by atoms with Crippen molar-refractivity contribution in [2.75, 3.05) is 13.2 Å². The van der Waals surface area contributed by atoms with Crippen LogP contribution in [0.25, 0.3) is 0 Å². The zero-order chi connectivity index (χ0) is 17.8. The molecule has 25 heavy (non-hydrogen) atoms. The van der Waals surface area contributed by atoms with Crippen LogP contribution in [0, 0.1) is 13.8 Å².